The summed E-state index contributed by atoms with van der Waals surface area (Å²) in [7, 11) is -4.19. The van der Waals surface area contributed by atoms with Gasteiger partial charge in [-0.2, -0.15) is 0 Å². The van der Waals surface area contributed by atoms with Crippen molar-refractivity contribution >= 4 is 66.7 Å². The zero-order chi connectivity index (χ0) is 32.6. The van der Waals surface area contributed by atoms with Crippen LogP contribution in [0.25, 0.3) is 0 Å². The van der Waals surface area contributed by atoms with Crippen LogP contribution in [0, 0.1) is 6.92 Å². The van der Waals surface area contributed by atoms with Gasteiger partial charge in [-0.1, -0.05) is 106 Å². The third kappa shape index (κ3) is 9.10. The second kappa shape index (κ2) is 15.8. The lowest BCUT2D eigenvalue weighted by Crippen LogP contribution is -2.53. The number of carbonyl (C=O) groups is 2. The number of amides is 2. The average molecular weight is 732 g/mol. The normalized spacial score (nSPS) is 11.9. The van der Waals surface area contributed by atoms with E-state index >= 15 is 0 Å². The standard InChI is InChI=1S/C34H34BrCl2N3O4S/c1-3-18-38-34(42)32(20-25-8-5-4-6-9-25)39(22-26-14-17-30(36)31(37)19-26)33(41)23-40(28-11-7-10-27(35)21-28)45(43,44)29-15-12-24(2)13-16-29/h4-17,19,21,32H,3,18,20,22-23H2,1-2H3,(H,38,42)/t32-/m1/s1. The molecule has 1 N–H and O–H groups in total. The quantitative estimate of drug-likeness (QED) is 0.155. The number of hydrogen-bond acceptors (Lipinski definition) is 4. The smallest absolute Gasteiger partial charge is 0.264 e. The predicted molar refractivity (Wildman–Crippen MR) is 184 cm³/mol. The molecule has 0 saturated carbocycles. The highest BCUT2D eigenvalue weighted by atomic mass is 79.9. The van der Waals surface area contributed by atoms with E-state index in [9.17, 15) is 18.0 Å². The lowest BCUT2D eigenvalue weighted by Gasteiger charge is -2.34. The number of aryl methyl sites for hydroxylation is 1. The Morgan fingerprint density at radius 1 is 0.867 bits per heavy atom. The molecule has 0 aliphatic heterocycles. The highest BCUT2D eigenvalue weighted by molar-refractivity contribution is 9.10. The third-order valence-electron chi connectivity index (χ3n) is 7.14. The van der Waals surface area contributed by atoms with Crippen molar-refractivity contribution < 1.29 is 18.0 Å². The molecule has 2 amide bonds. The van der Waals surface area contributed by atoms with E-state index < -0.39 is 28.5 Å². The van der Waals surface area contributed by atoms with Crippen molar-refractivity contribution in [2.24, 2.45) is 0 Å². The number of sulfonamides is 1. The Morgan fingerprint density at radius 2 is 1.58 bits per heavy atom. The van der Waals surface area contributed by atoms with Crippen molar-refractivity contribution in [3.05, 3.63) is 128 Å². The first-order chi connectivity index (χ1) is 21.5. The Hall–Kier alpha value is -3.37. The van der Waals surface area contributed by atoms with Crippen LogP contribution in [0.5, 0.6) is 0 Å². The number of halogens is 3. The number of rotatable bonds is 13. The molecule has 7 nitrogen and oxygen atoms in total. The second-order valence-electron chi connectivity index (χ2n) is 10.6. The topological polar surface area (TPSA) is 86.8 Å². The van der Waals surface area contributed by atoms with Gasteiger partial charge in [0.1, 0.15) is 12.6 Å². The number of nitrogens with zero attached hydrogens (tertiary/aromatic N) is 2. The van der Waals surface area contributed by atoms with Gasteiger partial charge in [0.15, 0.2) is 0 Å². The van der Waals surface area contributed by atoms with Crippen molar-refractivity contribution in [3.8, 4) is 0 Å². The lowest BCUT2D eigenvalue weighted by atomic mass is 10.0. The molecule has 4 rings (SSSR count). The number of nitrogens with one attached hydrogen (secondary N) is 1. The van der Waals surface area contributed by atoms with Gasteiger partial charge in [0.25, 0.3) is 10.0 Å². The molecular weight excluding hydrogens is 697 g/mol. The molecule has 0 aromatic heterocycles. The summed E-state index contributed by atoms with van der Waals surface area (Å²) >= 11 is 15.9. The first kappa shape index (κ1) is 34.5. The zero-order valence-corrected chi connectivity index (χ0v) is 28.8. The maximum Gasteiger partial charge on any atom is 0.264 e. The average Bonchev–Trinajstić information content (AvgIpc) is 3.02. The molecule has 0 heterocycles. The molecule has 0 fully saturated rings. The summed E-state index contributed by atoms with van der Waals surface area (Å²) in [4.78, 5) is 29.7. The van der Waals surface area contributed by atoms with Gasteiger partial charge in [0, 0.05) is 24.0 Å². The Kier molecular flexibility index (Phi) is 12.1. The van der Waals surface area contributed by atoms with Crippen molar-refractivity contribution in [2.75, 3.05) is 17.4 Å². The van der Waals surface area contributed by atoms with Gasteiger partial charge >= 0.3 is 0 Å². The summed E-state index contributed by atoms with van der Waals surface area (Å²) in [6.45, 7) is 3.66. The Labute approximate surface area is 283 Å². The molecule has 0 aliphatic rings. The first-order valence-electron chi connectivity index (χ1n) is 14.4. The summed E-state index contributed by atoms with van der Waals surface area (Å²) < 4.78 is 30.0. The van der Waals surface area contributed by atoms with Crippen LogP contribution >= 0.6 is 39.1 Å². The Bertz CT molecular complexity index is 1740. The molecule has 236 valence electrons. The van der Waals surface area contributed by atoms with Gasteiger partial charge in [-0.05, 0) is 66.9 Å². The SMILES string of the molecule is CCCNC(=O)[C@@H](Cc1ccccc1)N(Cc1ccc(Cl)c(Cl)c1)C(=O)CN(c1cccc(Br)c1)S(=O)(=O)c1ccc(C)cc1. The minimum atomic E-state index is -4.19. The lowest BCUT2D eigenvalue weighted by molar-refractivity contribution is -0.140. The van der Waals surface area contributed by atoms with E-state index in [4.69, 9.17) is 23.2 Å². The summed E-state index contributed by atoms with van der Waals surface area (Å²) in [5, 5.41) is 3.58. The van der Waals surface area contributed by atoms with Crippen LogP contribution in [0.15, 0.2) is 106 Å². The number of carbonyl (C=O) groups excluding carboxylic acids is 2. The van der Waals surface area contributed by atoms with Crippen LogP contribution in [-0.2, 0) is 32.6 Å². The summed E-state index contributed by atoms with van der Waals surface area (Å²) in [5.41, 5.74) is 2.67. The molecule has 11 heteroatoms. The summed E-state index contributed by atoms with van der Waals surface area (Å²) in [6, 6.07) is 26.6. The molecular formula is C34H34BrCl2N3O4S. The van der Waals surface area contributed by atoms with Gasteiger partial charge in [-0.25, -0.2) is 8.42 Å². The maximum atomic E-state index is 14.5. The Morgan fingerprint density at radius 3 is 2.22 bits per heavy atom. The van der Waals surface area contributed by atoms with E-state index in [1.807, 2.05) is 44.2 Å². The molecule has 4 aromatic rings. The van der Waals surface area contributed by atoms with E-state index in [1.165, 1.54) is 17.0 Å². The molecule has 0 spiro atoms. The van der Waals surface area contributed by atoms with E-state index in [0.29, 0.717) is 38.7 Å². The van der Waals surface area contributed by atoms with Gasteiger partial charge in [0.05, 0.1) is 20.6 Å². The van der Waals surface area contributed by atoms with Gasteiger partial charge < -0.3 is 10.2 Å². The molecule has 4 aromatic carbocycles. The highest BCUT2D eigenvalue weighted by Gasteiger charge is 2.34. The predicted octanol–water partition coefficient (Wildman–Crippen LogP) is 7.43. The van der Waals surface area contributed by atoms with Crippen LogP contribution in [0.2, 0.25) is 10.0 Å². The molecule has 0 aliphatic carbocycles. The number of hydrogen-bond donors (Lipinski definition) is 1. The molecule has 0 bridgehead atoms. The molecule has 0 saturated heterocycles. The van der Waals surface area contributed by atoms with E-state index in [1.54, 1.807) is 54.6 Å². The summed E-state index contributed by atoms with van der Waals surface area (Å²) in [5.74, 6) is -0.908. The number of benzene rings is 4. The van der Waals surface area contributed by atoms with Crippen molar-refractivity contribution in [2.45, 2.75) is 44.2 Å². The molecule has 0 unspecified atom stereocenters. The fraction of sp³-hybridized carbons (Fsp3) is 0.235. The van der Waals surface area contributed by atoms with Crippen LogP contribution < -0.4 is 9.62 Å². The molecule has 0 radical (unpaired) electrons. The van der Waals surface area contributed by atoms with Crippen molar-refractivity contribution in [3.63, 3.8) is 0 Å². The minimum Gasteiger partial charge on any atom is -0.354 e. The fourth-order valence-corrected chi connectivity index (χ4v) is 6.87. The van der Waals surface area contributed by atoms with Crippen molar-refractivity contribution in [1.82, 2.24) is 10.2 Å². The minimum absolute atomic E-state index is 0.0102. The summed E-state index contributed by atoms with van der Waals surface area (Å²) in [6.07, 6.45) is 0.918. The molecule has 1 atom stereocenters. The fourth-order valence-electron chi connectivity index (χ4n) is 4.75. The van der Waals surface area contributed by atoms with Gasteiger partial charge in [-0.3, -0.25) is 13.9 Å². The zero-order valence-electron chi connectivity index (χ0n) is 24.9. The van der Waals surface area contributed by atoms with Crippen LogP contribution in [0.4, 0.5) is 5.69 Å². The van der Waals surface area contributed by atoms with Crippen LogP contribution in [-0.4, -0.2) is 44.3 Å². The van der Waals surface area contributed by atoms with Gasteiger partial charge in [-0.15, -0.1) is 0 Å². The maximum absolute atomic E-state index is 14.5. The highest BCUT2D eigenvalue weighted by Crippen LogP contribution is 2.28. The largest absolute Gasteiger partial charge is 0.354 e. The number of anilines is 1. The van der Waals surface area contributed by atoms with E-state index in [2.05, 4.69) is 21.2 Å². The van der Waals surface area contributed by atoms with Crippen LogP contribution in [0.1, 0.15) is 30.0 Å². The van der Waals surface area contributed by atoms with E-state index in [0.717, 1.165) is 15.4 Å². The van der Waals surface area contributed by atoms with Gasteiger partial charge in [0.2, 0.25) is 11.8 Å². The van der Waals surface area contributed by atoms with Crippen molar-refractivity contribution in [1.29, 1.82) is 0 Å². The third-order valence-corrected chi connectivity index (χ3v) is 10.2. The van der Waals surface area contributed by atoms with E-state index in [-0.39, 0.29) is 23.8 Å². The molecule has 45 heavy (non-hydrogen) atoms. The first-order valence-corrected chi connectivity index (χ1v) is 17.4. The Balaban J connectivity index is 1.81. The monoisotopic (exact) mass is 729 g/mol. The second-order valence-corrected chi connectivity index (χ2v) is 14.2. The van der Waals surface area contributed by atoms with Crippen LogP contribution in [0.3, 0.4) is 0 Å².